The largest absolute Gasteiger partial charge is 0.370 e. The number of piperidine rings is 1. The fourth-order valence-electron chi connectivity index (χ4n) is 2.73. The molecule has 0 spiro atoms. The Kier molecular flexibility index (Phi) is 4.76. The fraction of sp³-hybridized carbons (Fsp3) is 0.294. The minimum Gasteiger partial charge on any atom is -0.370 e. The maximum absolute atomic E-state index is 13.6. The molecule has 3 rings (SSSR count). The molecule has 1 aliphatic rings. The lowest BCUT2D eigenvalue weighted by Gasteiger charge is -2.30. The van der Waals surface area contributed by atoms with Gasteiger partial charge in [-0.1, -0.05) is 11.6 Å². The molecule has 1 saturated heterocycles. The number of anilines is 2. The van der Waals surface area contributed by atoms with E-state index in [1.165, 1.54) is 30.8 Å². The van der Waals surface area contributed by atoms with Gasteiger partial charge in [0.25, 0.3) is 5.91 Å². The van der Waals surface area contributed by atoms with Crippen LogP contribution in [0.5, 0.6) is 0 Å². The van der Waals surface area contributed by atoms with Gasteiger partial charge in [0.15, 0.2) is 0 Å². The lowest BCUT2D eigenvalue weighted by Crippen LogP contribution is -2.30. The minimum absolute atomic E-state index is 0.200. The van der Waals surface area contributed by atoms with Crippen LogP contribution in [0.4, 0.5) is 15.8 Å². The van der Waals surface area contributed by atoms with Gasteiger partial charge in [-0.05, 0) is 49.6 Å². The number of rotatable bonds is 3. The highest BCUT2D eigenvalue weighted by Crippen LogP contribution is 2.29. The van der Waals surface area contributed by atoms with Crippen molar-refractivity contribution in [2.75, 3.05) is 23.3 Å². The third kappa shape index (κ3) is 3.79. The van der Waals surface area contributed by atoms with Crippen molar-refractivity contribution in [3.05, 3.63) is 53.1 Å². The van der Waals surface area contributed by atoms with Crippen molar-refractivity contribution >= 4 is 28.9 Å². The summed E-state index contributed by atoms with van der Waals surface area (Å²) in [5.41, 5.74) is 1.49. The van der Waals surface area contributed by atoms with Crippen LogP contribution in [0.3, 0.4) is 0 Å². The topological polar surface area (TPSA) is 45.2 Å². The molecular weight excluding hydrogens is 317 g/mol. The van der Waals surface area contributed by atoms with E-state index in [9.17, 15) is 9.18 Å². The summed E-state index contributed by atoms with van der Waals surface area (Å²) in [4.78, 5) is 18.5. The highest BCUT2D eigenvalue weighted by atomic mass is 35.5. The molecule has 6 heteroatoms. The predicted molar refractivity (Wildman–Crippen MR) is 89.7 cm³/mol. The van der Waals surface area contributed by atoms with E-state index in [1.54, 1.807) is 12.1 Å². The molecule has 0 saturated carbocycles. The Balaban J connectivity index is 1.86. The highest BCUT2D eigenvalue weighted by Gasteiger charge is 2.17. The molecule has 1 aliphatic heterocycles. The first-order chi connectivity index (χ1) is 11.1. The van der Waals surface area contributed by atoms with Gasteiger partial charge in [-0.25, -0.2) is 4.39 Å². The second kappa shape index (κ2) is 6.96. The van der Waals surface area contributed by atoms with Crippen LogP contribution < -0.4 is 10.2 Å². The van der Waals surface area contributed by atoms with Gasteiger partial charge in [0.2, 0.25) is 0 Å². The highest BCUT2D eigenvalue weighted by molar-refractivity contribution is 6.31. The van der Waals surface area contributed by atoms with Gasteiger partial charge < -0.3 is 10.2 Å². The third-order valence-corrected chi connectivity index (χ3v) is 4.09. The van der Waals surface area contributed by atoms with E-state index in [-0.39, 0.29) is 11.5 Å². The van der Waals surface area contributed by atoms with Crippen molar-refractivity contribution in [3.63, 3.8) is 0 Å². The first-order valence-electron chi connectivity index (χ1n) is 7.61. The number of benzene rings is 1. The SMILES string of the molecule is O=C(Nc1cc(F)ccc1N1CCCCC1)c1cc(Cl)ccn1. The maximum atomic E-state index is 13.6. The summed E-state index contributed by atoms with van der Waals surface area (Å²) < 4.78 is 13.6. The second-order valence-electron chi connectivity index (χ2n) is 5.52. The van der Waals surface area contributed by atoms with Gasteiger partial charge >= 0.3 is 0 Å². The van der Waals surface area contributed by atoms with Crippen LogP contribution in [-0.2, 0) is 0 Å². The Morgan fingerprint density at radius 2 is 1.96 bits per heavy atom. The quantitative estimate of drug-likeness (QED) is 0.919. The third-order valence-electron chi connectivity index (χ3n) is 3.86. The number of halogens is 2. The van der Waals surface area contributed by atoms with Gasteiger partial charge in [-0.3, -0.25) is 9.78 Å². The summed E-state index contributed by atoms with van der Waals surface area (Å²) in [6.45, 7) is 1.81. The van der Waals surface area contributed by atoms with E-state index < -0.39 is 5.91 Å². The van der Waals surface area contributed by atoms with E-state index in [0.717, 1.165) is 31.6 Å². The van der Waals surface area contributed by atoms with Crippen molar-refractivity contribution in [2.24, 2.45) is 0 Å². The number of hydrogen-bond acceptors (Lipinski definition) is 3. The van der Waals surface area contributed by atoms with Gasteiger partial charge in [0, 0.05) is 24.3 Å². The van der Waals surface area contributed by atoms with E-state index in [0.29, 0.717) is 10.7 Å². The molecule has 2 aromatic rings. The van der Waals surface area contributed by atoms with E-state index in [2.05, 4.69) is 15.2 Å². The normalized spacial score (nSPS) is 14.6. The number of amides is 1. The molecule has 2 heterocycles. The number of nitrogens with one attached hydrogen (secondary N) is 1. The lowest BCUT2D eigenvalue weighted by atomic mass is 10.1. The lowest BCUT2D eigenvalue weighted by molar-refractivity contribution is 0.102. The summed E-state index contributed by atoms with van der Waals surface area (Å²) in [5.74, 6) is -0.795. The van der Waals surface area contributed by atoms with Crippen LogP contribution in [0, 0.1) is 5.82 Å². The average Bonchev–Trinajstić information content (AvgIpc) is 2.56. The maximum Gasteiger partial charge on any atom is 0.274 e. The van der Waals surface area contributed by atoms with Crippen molar-refractivity contribution in [3.8, 4) is 0 Å². The molecule has 1 aromatic carbocycles. The van der Waals surface area contributed by atoms with Gasteiger partial charge in [-0.2, -0.15) is 0 Å². The molecule has 23 heavy (non-hydrogen) atoms. The standard InChI is InChI=1S/C17H17ClFN3O/c18-12-6-7-20-15(10-12)17(23)21-14-11-13(19)4-5-16(14)22-8-2-1-3-9-22/h4-7,10-11H,1-3,8-9H2,(H,21,23). The van der Waals surface area contributed by atoms with Crippen molar-refractivity contribution in [1.29, 1.82) is 0 Å². The van der Waals surface area contributed by atoms with Crippen LogP contribution in [0.2, 0.25) is 5.02 Å². The average molecular weight is 334 g/mol. The summed E-state index contributed by atoms with van der Waals surface area (Å²) in [5, 5.41) is 3.18. The van der Waals surface area contributed by atoms with Crippen LogP contribution in [0.25, 0.3) is 0 Å². The van der Waals surface area contributed by atoms with E-state index >= 15 is 0 Å². The summed E-state index contributed by atoms with van der Waals surface area (Å²) in [6, 6.07) is 7.54. The number of aromatic nitrogens is 1. The van der Waals surface area contributed by atoms with Crippen LogP contribution in [-0.4, -0.2) is 24.0 Å². The zero-order valence-corrected chi connectivity index (χ0v) is 13.3. The molecule has 0 aliphatic carbocycles. The first-order valence-corrected chi connectivity index (χ1v) is 7.99. The molecule has 0 atom stereocenters. The summed E-state index contributed by atoms with van der Waals surface area (Å²) >= 11 is 5.88. The van der Waals surface area contributed by atoms with E-state index in [1.807, 2.05) is 0 Å². The summed E-state index contributed by atoms with van der Waals surface area (Å²) in [6.07, 6.45) is 4.86. The number of hydrogen-bond donors (Lipinski definition) is 1. The molecule has 0 unspecified atom stereocenters. The van der Waals surface area contributed by atoms with Crippen LogP contribution in [0.1, 0.15) is 29.8 Å². The molecule has 120 valence electrons. The second-order valence-corrected chi connectivity index (χ2v) is 5.96. The molecular formula is C17H17ClFN3O. The van der Waals surface area contributed by atoms with Crippen LogP contribution in [0.15, 0.2) is 36.5 Å². The predicted octanol–water partition coefficient (Wildman–Crippen LogP) is 4.12. The molecule has 1 fully saturated rings. The molecule has 4 nitrogen and oxygen atoms in total. The first kappa shape index (κ1) is 15.7. The Labute approximate surface area is 139 Å². The molecule has 0 bridgehead atoms. The Bertz CT molecular complexity index is 717. The molecule has 1 amide bonds. The van der Waals surface area contributed by atoms with Crippen LogP contribution >= 0.6 is 11.6 Å². The zero-order chi connectivity index (χ0) is 16.2. The number of carbonyl (C=O) groups is 1. The van der Waals surface area contributed by atoms with Crippen molar-refractivity contribution in [2.45, 2.75) is 19.3 Å². The number of nitrogens with zero attached hydrogens (tertiary/aromatic N) is 2. The van der Waals surface area contributed by atoms with Gasteiger partial charge in [0.1, 0.15) is 11.5 Å². The Morgan fingerprint density at radius 1 is 1.17 bits per heavy atom. The molecule has 1 N–H and O–H groups in total. The monoisotopic (exact) mass is 333 g/mol. The summed E-state index contributed by atoms with van der Waals surface area (Å²) in [7, 11) is 0. The zero-order valence-electron chi connectivity index (χ0n) is 12.6. The molecule has 0 radical (unpaired) electrons. The Morgan fingerprint density at radius 3 is 2.70 bits per heavy atom. The fourth-order valence-corrected chi connectivity index (χ4v) is 2.89. The smallest absolute Gasteiger partial charge is 0.274 e. The van der Waals surface area contributed by atoms with Crippen molar-refractivity contribution in [1.82, 2.24) is 4.98 Å². The van der Waals surface area contributed by atoms with Gasteiger partial charge in [0.05, 0.1) is 11.4 Å². The van der Waals surface area contributed by atoms with Gasteiger partial charge in [-0.15, -0.1) is 0 Å². The number of carbonyl (C=O) groups excluding carboxylic acids is 1. The number of pyridine rings is 1. The Hall–Kier alpha value is -2.14. The van der Waals surface area contributed by atoms with Crippen molar-refractivity contribution < 1.29 is 9.18 Å². The molecule has 1 aromatic heterocycles. The minimum atomic E-state index is -0.406. The van der Waals surface area contributed by atoms with E-state index in [4.69, 9.17) is 11.6 Å².